The highest BCUT2D eigenvalue weighted by Crippen LogP contribution is 2.31. The van der Waals surface area contributed by atoms with Gasteiger partial charge in [0, 0.05) is 25.6 Å². The standard InChI is InChI=1S/C14H14N2O3/c1-17-10-18-12-5-3-11-4-6-14(19-13(11)9-12)16-8-2-7-15-16/h2-3,5-9H,4,10H2,1H3. The zero-order valence-corrected chi connectivity index (χ0v) is 10.6. The second kappa shape index (κ2) is 5.16. The minimum atomic E-state index is 0.223. The molecular weight excluding hydrogens is 244 g/mol. The van der Waals surface area contributed by atoms with Gasteiger partial charge in [-0.25, -0.2) is 4.68 Å². The molecule has 0 radical (unpaired) electrons. The number of methoxy groups -OCH3 is 1. The van der Waals surface area contributed by atoms with Crippen LogP contribution in [0.1, 0.15) is 5.56 Å². The minimum absolute atomic E-state index is 0.223. The fourth-order valence-corrected chi connectivity index (χ4v) is 1.91. The fourth-order valence-electron chi connectivity index (χ4n) is 1.91. The van der Waals surface area contributed by atoms with E-state index in [0.29, 0.717) is 5.88 Å². The summed E-state index contributed by atoms with van der Waals surface area (Å²) in [6, 6.07) is 7.63. The molecule has 0 bridgehead atoms. The topological polar surface area (TPSA) is 45.5 Å². The number of benzene rings is 1. The number of rotatable bonds is 4. The van der Waals surface area contributed by atoms with Gasteiger partial charge in [-0.1, -0.05) is 6.07 Å². The predicted molar refractivity (Wildman–Crippen MR) is 69.8 cm³/mol. The van der Waals surface area contributed by atoms with Crippen molar-refractivity contribution in [1.29, 1.82) is 0 Å². The third-order valence-corrected chi connectivity index (χ3v) is 2.82. The molecule has 0 atom stereocenters. The third-order valence-electron chi connectivity index (χ3n) is 2.82. The fraction of sp³-hybridized carbons (Fsp3) is 0.214. The van der Waals surface area contributed by atoms with Crippen LogP contribution in [0.25, 0.3) is 5.88 Å². The van der Waals surface area contributed by atoms with E-state index in [1.54, 1.807) is 18.0 Å². The zero-order chi connectivity index (χ0) is 13.1. The van der Waals surface area contributed by atoms with Gasteiger partial charge >= 0.3 is 0 Å². The predicted octanol–water partition coefficient (Wildman–Crippen LogP) is 2.30. The Hall–Kier alpha value is -2.27. The Kier molecular flexibility index (Phi) is 3.20. The molecule has 0 N–H and O–H groups in total. The third kappa shape index (κ3) is 2.46. The van der Waals surface area contributed by atoms with Crippen molar-refractivity contribution in [2.75, 3.05) is 13.9 Å². The largest absolute Gasteiger partial charge is 0.467 e. The van der Waals surface area contributed by atoms with Gasteiger partial charge < -0.3 is 14.2 Å². The summed E-state index contributed by atoms with van der Waals surface area (Å²) in [5.41, 5.74) is 1.13. The van der Waals surface area contributed by atoms with Crippen LogP contribution in [-0.4, -0.2) is 23.7 Å². The van der Waals surface area contributed by atoms with Crippen molar-refractivity contribution in [3.63, 3.8) is 0 Å². The number of hydrogen-bond acceptors (Lipinski definition) is 4. The lowest BCUT2D eigenvalue weighted by atomic mass is 10.1. The van der Waals surface area contributed by atoms with Crippen molar-refractivity contribution in [3.8, 4) is 11.5 Å². The summed E-state index contributed by atoms with van der Waals surface area (Å²) in [6.45, 7) is 0.223. The highest BCUT2D eigenvalue weighted by atomic mass is 16.7. The highest BCUT2D eigenvalue weighted by molar-refractivity contribution is 5.52. The van der Waals surface area contributed by atoms with Gasteiger partial charge in [-0.15, -0.1) is 0 Å². The molecule has 0 unspecified atom stereocenters. The first kappa shape index (κ1) is 11.8. The monoisotopic (exact) mass is 258 g/mol. The highest BCUT2D eigenvalue weighted by Gasteiger charge is 2.15. The number of hydrogen-bond donors (Lipinski definition) is 0. The van der Waals surface area contributed by atoms with Gasteiger partial charge in [0.15, 0.2) is 6.79 Å². The Morgan fingerprint density at radius 3 is 3.16 bits per heavy atom. The summed E-state index contributed by atoms with van der Waals surface area (Å²) >= 11 is 0. The molecule has 0 amide bonds. The molecule has 1 aliphatic rings. The molecule has 0 aliphatic carbocycles. The van der Waals surface area contributed by atoms with E-state index in [0.717, 1.165) is 23.5 Å². The first-order valence-electron chi connectivity index (χ1n) is 5.99. The van der Waals surface area contributed by atoms with Gasteiger partial charge in [-0.2, -0.15) is 5.10 Å². The number of allylic oxidation sites excluding steroid dienone is 1. The van der Waals surface area contributed by atoms with E-state index in [1.165, 1.54) is 0 Å². The molecule has 2 heterocycles. The van der Waals surface area contributed by atoms with Crippen LogP contribution in [0.4, 0.5) is 0 Å². The number of fused-ring (bicyclic) bond motifs is 1. The average molecular weight is 258 g/mol. The van der Waals surface area contributed by atoms with E-state index >= 15 is 0 Å². The molecule has 0 saturated heterocycles. The molecule has 1 aromatic carbocycles. The SMILES string of the molecule is COCOc1ccc2c(c1)OC(n1cccn1)=CC2. The van der Waals surface area contributed by atoms with Crippen molar-refractivity contribution in [2.45, 2.75) is 6.42 Å². The van der Waals surface area contributed by atoms with E-state index in [1.807, 2.05) is 36.5 Å². The second-order valence-electron chi connectivity index (χ2n) is 4.12. The van der Waals surface area contributed by atoms with Crippen molar-refractivity contribution in [2.24, 2.45) is 0 Å². The lowest BCUT2D eigenvalue weighted by Gasteiger charge is -2.18. The molecule has 0 fully saturated rings. The van der Waals surface area contributed by atoms with E-state index in [-0.39, 0.29) is 6.79 Å². The average Bonchev–Trinajstić information content (AvgIpc) is 2.98. The summed E-state index contributed by atoms with van der Waals surface area (Å²) in [6.07, 6.45) is 6.39. The maximum absolute atomic E-state index is 5.84. The van der Waals surface area contributed by atoms with Crippen LogP contribution in [0.5, 0.6) is 11.5 Å². The van der Waals surface area contributed by atoms with E-state index in [4.69, 9.17) is 14.2 Å². The van der Waals surface area contributed by atoms with Crippen molar-refractivity contribution in [1.82, 2.24) is 9.78 Å². The zero-order valence-electron chi connectivity index (χ0n) is 10.6. The molecule has 19 heavy (non-hydrogen) atoms. The maximum atomic E-state index is 5.84. The molecular formula is C14H14N2O3. The first-order chi connectivity index (χ1) is 9.36. The number of ether oxygens (including phenoxy) is 3. The van der Waals surface area contributed by atoms with Crippen LogP contribution in [0, 0.1) is 0 Å². The van der Waals surface area contributed by atoms with Gasteiger partial charge in [-0.3, -0.25) is 0 Å². The van der Waals surface area contributed by atoms with Crippen LogP contribution in [0.2, 0.25) is 0 Å². The molecule has 2 aromatic rings. The van der Waals surface area contributed by atoms with Crippen LogP contribution in [0.15, 0.2) is 42.7 Å². The van der Waals surface area contributed by atoms with Crippen LogP contribution in [0.3, 0.4) is 0 Å². The van der Waals surface area contributed by atoms with Crippen molar-refractivity contribution < 1.29 is 14.2 Å². The summed E-state index contributed by atoms with van der Waals surface area (Å²) in [5.74, 6) is 2.23. The first-order valence-corrected chi connectivity index (χ1v) is 5.99. The van der Waals surface area contributed by atoms with Crippen LogP contribution < -0.4 is 9.47 Å². The summed E-state index contributed by atoms with van der Waals surface area (Å²) in [5, 5.41) is 4.16. The minimum Gasteiger partial charge on any atom is -0.467 e. The Morgan fingerprint density at radius 1 is 1.42 bits per heavy atom. The molecule has 5 heteroatoms. The quantitative estimate of drug-likeness (QED) is 0.789. The normalized spacial score (nSPS) is 13.4. The summed E-state index contributed by atoms with van der Waals surface area (Å²) < 4.78 is 17.8. The Balaban J connectivity index is 1.82. The molecule has 0 spiro atoms. The van der Waals surface area contributed by atoms with Crippen molar-refractivity contribution >= 4 is 5.88 Å². The molecule has 3 rings (SSSR count). The number of nitrogens with zero attached hydrogens (tertiary/aromatic N) is 2. The van der Waals surface area contributed by atoms with Gasteiger partial charge in [0.25, 0.3) is 0 Å². The van der Waals surface area contributed by atoms with Crippen LogP contribution in [-0.2, 0) is 11.2 Å². The van der Waals surface area contributed by atoms with E-state index in [9.17, 15) is 0 Å². The second-order valence-corrected chi connectivity index (χ2v) is 4.12. The Labute approximate surface area is 111 Å². The summed E-state index contributed by atoms with van der Waals surface area (Å²) in [7, 11) is 1.59. The van der Waals surface area contributed by atoms with Crippen LogP contribution >= 0.6 is 0 Å². The lowest BCUT2D eigenvalue weighted by Crippen LogP contribution is -2.10. The number of aromatic nitrogens is 2. The summed E-state index contributed by atoms with van der Waals surface area (Å²) in [4.78, 5) is 0. The van der Waals surface area contributed by atoms with Crippen molar-refractivity contribution in [3.05, 3.63) is 48.3 Å². The molecule has 5 nitrogen and oxygen atoms in total. The molecule has 1 aliphatic heterocycles. The molecule has 0 saturated carbocycles. The smallest absolute Gasteiger partial charge is 0.216 e. The van der Waals surface area contributed by atoms with E-state index < -0.39 is 0 Å². The lowest BCUT2D eigenvalue weighted by molar-refractivity contribution is 0.0510. The molecule has 98 valence electrons. The maximum Gasteiger partial charge on any atom is 0.216 e. The Bertz CT molecular complexity index is 591. The van der Waals surface area contributed by atoms with E-state index in [2.05, 4.69) is 5.10 Å². The van der Waals surface area contributed by atoms with Gasteiger partial charge in [0.1, 0.15) is 11.5 Å². The van der Waals surface area contributed by atoms with Gasteiger partial charge in [0.2, 0.25) is 5.88 Å². The molecule has 1 aromatic heterocycles. The Morgan fingerprint density at radius 2 is 2.37 bits per heavy atom. The van der Waals surface area contributed by atoms with Gasteiger partial charge in [0.05, 0.1) is 0 Å². The van der Waals surface area contributed by atoms with Gasteiger partial charge in [-0.05, 0) is 30.2 Å².